The number of unbranched alkanes of at least 4 members (excludes halogenated alkanes) is 1. The number of nitrogens with one attached hydrogen (secondary N) is 1. The Hall–Kier alpha value is -2.60. The number of carbonyl (C=O) groups excluding carboxylic acids is 1. The maximum atomic E-state index is 12.1. The molecule has 26 heavy (non-hydrogen) atoms. The fourth-order valence-electron chi connectivity index (χ4n) is 2.16. The van der Waals surface area contributed by atoms with Gasteiger partial charge in [0.05, 0.1) is 11.5 Å². The van der Waals surface area contributed by atoms with Crippen LogP contribution in [0.2, 0.25) is 0 Å². The minimum atomic E-state index is -3.21. The Kier molecular flexibility index (Phi) is 6.97. The molecule has 1 N–H and O–H groups in total. The van der Waals surface area contributed by atoms with Crippen molar-refractivity contribution in [1.82, 2.24) is 0 Å². The average molecular weight is 373 g/mol. The molecule has 0 unspecified atom stereocenters. The minimum Gasteiger partial charge on any atom is -0.494 e. The van der Waals surface area contributed by atoms with Gasteiger partial charge in [0.15, 0.2) is 15.6 Å². The molecule has 0 aromatic heterocycles. The highest BCUT2D eigenvalue weighted by molar-refractivity contribution is 7.90. The molecule has 2 rings (SSSR count). The van der Waals surface area contributed by atoms with Crippen LogP contribution in [0.15, 0.2) is 65.7 Å². The molecule has 2 aromatic rings. The summed E-state index contributed by atoms with van der Waals surface area (Å²) in [6.07, 6.45) is 6.20. The third-order valence-corrected chi connectivity index (χ3v) is 4.80. The second-order valence-corrected chi connectivity index (χ2v) is 7.88. The highest BCUT2D eigenvalue weighted by Crippen LogP contribution is 2.15. The summed E-state index contributed by atoms with van der Waals surface area (Å²) in [5.74, 6) is 0.619. The van der Waals surface area contributed by atoms with Crippen molar-refractivity contribution in [3.63, 3.8) is 0 Å². The van der Waals surface area contributed by atoms with E-state index in [-0.39, 0.29) is 10.7 Å². The molecular weight excluding hydrogens is 350 g/mol. The van der Waals surface area contributed by atoms with E-state index < -0.39 is 9.84 Å². The summed E-state index contributed by atoms with van der Waals surface area (Å²) in [6, 6.07) is 13.4. The van der Waals surface area contributed by atoms with Crippen molar-refractivity contribution < 1.29 is 17.9 Å². The summed E-state index contributed by atoms with van der Waals surface area (Å²) in [5.41, 5.74) is 1.26. The number of allylic oxidation sites excluding steroid dienone is 1. The number of ketones is 1. The number of sulfone groups is 1. The van der Waals surface area contributed by atoms with Crippen LogP contribution in [0.4, 0.5) is 5.69 Å². The highest BCUT2D eigenvalue weighted by Gasteiger charge is 2.06. The van der Waals surface area contributed by atoms with E-state index in [4.69, 9.17) is 4.74 Å². The lowest BCUT2D eigenvalue weighted by atomic mass is 10.1. The molecule has 0 aliphatic carbocycles. The van der Waals surface area contributed by atoms with Crippen molar-refractivity contribution in [1.29, 1.82) is 0 Å². The van der Waals surface area contributed by atoms with E-state index in [2.05, 4.69) is 12.2 Å². The molecule has 0 saturated carbocycles. The Balaban J connectivity index is 1.90. The maximum absolute atomic E-state index is 12.1. The number of anilines is 1. The lowest BCUT2D eigenvalue weighted by Gasteiger charge is -2.05. The van der Waals surface area contributed by atoms with Crippen molar-refractivity contribution in [2.24, 2.45) is 0 Å². The first-order valence-electron chi connectivity index (χ1n) is 8.40. The van der Waals surface area contributed by atoms with Gasteiger partial charge in [0.1, 0.15) is 5.75 Å². The van der Waals surface area contributed by atoms with E-state index in [0.29, 0.717) is 17.9 Å². The van der Waals surface area contributed by atoms with Crippen LogP contribution in [0.1, 0.15) is 30.1 Å². The summed E-state index contributed by atoms with van der Waals surface area (Å²) in [7, 11) is -3.21. The quantitative estimate of drug-likeness (QED) is 0.407. The monoisotopic (exact) mass is 373 g/mol. The van der Waals surface area contributed by atoms with Gasteiger partial charge in [-0.15, -0.1) is 0 Å². The molecule has 0 saturated heterocycles. The second-order valence-electron chi connectivity index (χ2n) is 5.86. The topological polar surface area (TPSA) is 72.5 Å². The van der Waals surface area contributed by atoms with Crippen LogP contribution in [0.25, 0.3) is 0 Å². The number of benzene rings is 2. The van der Waals surface area contributed by atoms with Crippen molar-refractivity contribution in [2.45, 2.75) is 24.7 Å². The summed E-state index contributed by atoms with van der Waals surface area (Å²) in [5, 5.41) is 2.95. The average Bonchev–Trinajstić information content (AvgIpc) is 2.62. The summed E-state index contributed by atoms with van der Waals surface area (Å²) >= 11 is 0. The van der Waals surface area contributed by atoms with E-state index in [9.17, 15) is 13.2 Å². The van der Waals surface area contributed by atoms with E-state index >= 15 is 0 Å². The van der Waals surface area contributed by atoms with Gasteiger partial charge in [0, 0.05) is 29.8 Å². The summed E-state index contributed by atoms with van der Waals surface area (Å²) in [6.45, 7) is 2.78. The lowest BCUT2D eigenvalue weighted by Crippen LogP contribution is -1.99. The fourth-order valence-corrected chi connectivity index (χ4v) is 2.79. The van der Waals surface area contributed by atoms with E-state index in [1.54, 1.807) is 36.4 Å². The Morgan fingerprint density at radius 2 is 1.73 bits per heavy atom. The van der Waals surface area contributed by atoms with Gasteiger partial charge < -0.3 is 10.1 Å². The number of hydrogen-bond acceptors (Lipinski definition) is 5. The van der Waals surface area contributed by atoms with Crippen LogP contribution in [0.5, 0.6) is 5.75 Å². The molecule has 0 fully saturated rings. The second kappa shape index (κ2) is 9.20. The molecule has 0 heterocycles. The molecule has 2 aromatic carbocycles. The van der Waals surface area contributed by atoms with Gasteiger partial charge in [0.2, 0.25) is 0 Å². The highest BCUT2D eigenvalue weighted by atomic mass is 32.2. The van der Waals surface area contributed by atoms with Crippen molar-refractivity contribution in [2.75, 3.05) is 18.2 Å². The van der Waals surface area contributed by atoms with Crippen LogP contribution in [0, 0.1) is 0 Å². The number of rotatable bonds is 9. The molecule has 138 valence electrons. The molecule has 0 aliphatic heterocycles. The van der Waals surface area contributed by atoms with Crippen LogP contribution >= 0.6 is 0 Å². The predicted molar refractivity (Wildman–Crippen MR) is 103 cm³/mol. The largest absolute Gasteiger partial charge is 0.494 e. The van der Waals surface area contributed by atoms with Gasteiger partial charge in [-0.25, -0.2) is 8.42 Å². The summed E-state index contributed by atoms with van der Waals surface area (Å²) in [4.78, 5) is 12.4. The standard InChI is InChI=1S/C20H23NO4S/c1-3-4-15-25-18-9-5-16(6-10-18)20(22)13-14-21-17-7-11-19(12-8-17)26(2,23)24/h5-14,21H,3-4,15H2,1-2H3. The van der Waals surface area contributed by atoms with Crippen molar-refractivity contribution in [3.05, 3.63) is 66.4 Å². The number of hydrogen-bond donors (Lipinski definition) is 1. The minimum absolute atomic E-state index is 0.134. The summed E-state index contributed by atoms with van der Waals surface area (Å²) < 4.78 is 28.4. The van der Waals surface area contributed by atoms with Gasteiger partial charge in [-0.3, -0.25) is 4.79 Å². The van der Waals surface area contributed by atoms with Crippen molar-refractivity contribution >= 4 is 21.3 Å². The molecule has 6 heteroatoms. The normalized spacial score (nSPS) is 11.5. The zero-order chi connectivity index (χ0) is 19.0. The van der Waals surface area contributed by atoms with E-state index in [1.807, 2.05) is 0 Å². The fraction of sp³-hybridized carbons (Fsp3) is 0.250. The van der Waals surface area contributed by atoms with E-state index in [1.165, 1.54) is 24.4 Å². The third kappa shape index (κ3) is 6.04. The van der Waals surface area contributed by atoms with Crippen LogP contribution in [-0.2, 0) is 9.84 Å². The molecule has 0 spiro atoms. The van der Waals surface area contributed by atoms with Gasteiger partial charge in [-0.1, -0.05) is 13.3 Å². The Bertz CT molecular complexity index is 854. The van der Waals surface area contributed by atoms with Crippen LogP contribution < -0.4 is 10.1 Å². The Labute approximate surface area is 154 Å². The molecule has 0 amide bonds. The third-order valence-electron chi connectivity index (χ3n) is 3.67. The molecular formula is C20H23NO4S. The Morgan fingerprint density at radius 1 is 1.08 bits per heavy atom. The predicted octanol–water partition coefficient (Wildman–Crippen LogP) is 4.08. The molecule has 0 bridgehead atoms. The zero-order valence-electron chi connectivity index (χ0n) is 14.9. The van der Waals surface area contributed by atoms with Crippen LogP contribution in [-0.4, -0.2) is 27.1 Å². The van der Waals surface area contributed by atoms with Crippen LogP contribution in [0.3, 0.4) is 0 Å². The molecule has 0 radical (unpaired) electrons. The number of ether oxygens (including phenoxy) is 1. The SMILES string of the molecule is CCCCOc1ccc(C(=O)C=CNc2ccc(S(C)(=O)=O)cc2)cc1. The first-order chi connectivity index (χ1) is 12.4. The first kappa shape index (κ1) is 19.7. The first-order valence-corrected chi connectivity index (χ1v) is 10.3. The van der Waals surface area contributed by atoms with Gasteiger partial charge in [0.25, 0.3) is 0 Å². The maximum Gasteiger partial charge on any atom is 0.187 e. The van der Waals surface area contributed by atoms with Gasteiger partial charge >= 0.3 is 0 Å². The number of carbonyl (C=O) groups is 1. The van der Waals surface area contributed by atoms with Crippen molar-refractivity contribution in [3.8, 4) is 5.75 Å². The Morgan fingerprint density at radius 3 is 2.31 bits per heavy atom. The molecule has 5 nitrogen and oxygen atoms in total. The molecule has 0 atom stereocenters. The van der Waals surface area contributed by atoms with E-state index in [0.717, 1.165) is 24.8 Å². The van der Waals surface area contributed by atoms with Gasteiger partial charge in [-0.05, 0) is 55.0 Å². The smallest absolute Gasteiger partial charge is 0.187 e. The molecule has 0 aliphatic rings. The zero-order valence-corrected chi connectivity index (χ0v) is 15.8. The van der Waals surface area contributed by atoms with Gasteiger partial charge in [-0.2, -0.15) is 0 Å². The lowest BCUT2D eigenvalue weighted by molar-refractivity contribution is 0.104.